The highest BCUT2D eigenvalue weighted by Gasteiger charge is 2.38. The normalized spacial score (nSPS) is 18.1. The van der Waals surface area contributed by atoms with E-state index in [4.69, 9.17) is 4.74 Å². The molecule has 2 atom stereocenters. The quantitative estimate of drug-likeness (QED) is 0.449. The first-order valence-corrected chi connectivity index (χ1v) is 9.38. The Morgan fingerprint density at radius 2 is 1.64 bits per heavy atom. The van der Waals surface area contributed by atoms with Crippen LogP contribution in [0, 0.1) is 10.1 Å². The number of ketones is 1. The smallest absolute Gasteiger partial charge is 0.269 e. The third-order valence-electron chi connectivity index (χ3n) is 4.59. The molecular weight excluding hydrogens is 424 g/mol. The Labute approximate surface area is 169 Å². The summed E-state index contributed by atoms with van der Waals surface area (Å²) in [5, 5.41) is 14.1. The number of benzene rings is 3. The molecule has 1 aliphatic rings. The molecule has 1 heterocycles. The summed E-state index contributed by atoms with van der Waals surface area (Å²) in [6.45, 7) is 0. The summed E-state index contributed by atoms with van der Waals surface area (Å²) in [5.41, 5.74) is 1.96. The maximum Gasteiger partial charge on any atom is 0.269 e. The third-order valence-corrected chi connectivity index (χ3v) is 5.12. The number of Topliss-reactive ketones (excluding diaryl/α,β-unsaturated/α-hetero) is 1. The van der Waals surface area contributed by atoms with Gasteiger partial charge in [-0.1, -0.05) is 40.2 Å². The maximum absolute atomic E-state index is 13.2. The van der Waals surface area contributed by atoms with Crippen LogP contribution in [-0.2, 0) is 0 Å². The average molecular weight is 439 g/mol. The number of para-hydroxylation sites is 1. The van der Waals surface area contributed by atoms with Crippen LogP contribution < -0.4 is 10.1 Å². The number of carbonyl (C=O) groups is 1. The molecule has 0 amide bonds. The van der Waals surface area contributed by atoms with Gasteiger partial charge in [0.1, 0.15) is 11.8 Å². The van der Waals surface area contributed by atoms with Gasteiger partial charge in [-0.3, -0.25) is 14.9 Å². The number of hydrogen-bond donors (Lipinski definition) is 1. The molecule has 3 aromatic rings. The fraction of sp³-hybridized carbons (Fsp3) is 0.0952. The zero-order chi connectivity index (χ0) is 19.7. The van der Waals surface area contributed by atoms with E-state index in [0.717, 1.165) is 10.0 Å². The topological polar surface area (TPSA) is 81.5 Å². The minimum absolute atomic E-state index is 0.00780. The lowest BCUT2D eigenvalue weighted by Crippen LogP contribution is -2.42. The molecule has 7 heteroatoms. The van der Waals surface area contributed by atoms with Crippen molar-refractivity contribution in [2.75, 3.05) is 5.32 Å². The number of halogens is 1. The highest BCUT2D eigenvalue weighted by atomic mass is 79.9. The summed E-state index contributed by atoms with van der Waals surface area (Å²) >= 11 is 3.42. The molecule has 0 radical (unpaired) electrons. The van der Waals surface area contributed by atoms with E-state index in [-0.39, 0.29) is 11.5 Å². The number of nitro groups is 1. The summed E-state index contributed by atoms with van der Waals surface area (Å²) < 4.78 is 7.10. The molecule has 0 saturated carbocycles. The molecule has 0 fully saturated rings. The van der Waals surface area contributed by atoms with Crippen LogP contribution in [0.3, 0.4) is 0 Å². The number of ether oxygens (including phenoxy) is 1. The van der Waals surface area contributed by atoms with Gasteiger partial charge in [0.05, 0.1) is 10.5 Å². The Bertz CT molecular complexity index is 1040. The van der Waals surface area contributed by atoms with Gasteiger partial charge in [-0.15, -0.1) is 0 Å². The van der Waals surface area contributed by atoms with Crippen molar-refractivity contribution in [3.8, 4) is 5.75 Å². The van der Waals surface area contributed by atoms with Crippen LogP contribution in [0.25, 0.3) is 0 Å². The molecule has 6 nitrogen and oxygen atoms in total. The minimum Gasteiger partial charge on any atom is -0.482 e. The van der Waals surface area contributed by atoms with E-state index in [2.05, 4.69) is 21.2 Å². The molecule has 1 aliphatic heterocycles. The molecule has 0 bridgehead atoms. The van der Waals surface area contributed by atoms with Gasteiger partial charge in [-0.05, 0) is 42.0 Å². The van der Waals surface area contributed by atoms with Gasteiger partial charge in [0.25, 0.3) is 5.69 Å². The van der Waals surface area contributed by atoms with E-state index < -0.39 is 17.1 Å². The van der Waals surface area contributed by atoms with Crippen LogP contribution in [0.5, 0.6) is 5.75 Å². The SMILES string of the molecule is O=C1c2ccccc2OC(c2ccc(Br)cc2)C1Nc1ccc([N+](=O)[O-])cc1. The molecule has 0 spiro atoms. The standard InChI is InChI=1S/C21H15BrN2O4/c22-14-7-5-13(6-8-14)21-19(20(25)17-3-1-2-4-18(17)28-21)23-15-9-11-16(12-10-15)24(26)27/h1-12,19,21,23H. The monoisotopic (exact) mass is 438 g/mol. The van der Waals surface area contributed by atoms with Crippen LogP contribution >= 0.6 is 15.9 Å². The zero-order valence-corrected chi connectivity index (χ0v) is 16.1. The molecule has 140 valence electrons. The van der Waals surface area contributed by atoms with Gasteiger partial charge < -0.3 is 10.1 Å². The Balaban J connectivity index is 1.71. The van der Waals surface area contributed by atoms with Gasteiger partial charge in [-0.2, -0.15) is 0 Å². The number of nitrogens with zero attached hydrogens (tertiary/aromatic N) is 1. The van der Waals surface area contributed by atoms with Crippen molar-refractivity contribution >= 4 is 33.1 Å². The van der Waals surface area contributed by atoms with Crippen molar-refractivity contribution < 1.29 is 14.5 Å². The molecule has 0 aromatic heterocycles. The summed E-state index contributed by atoms with van der Waals surface area (Å²) in [6, 6.07) is 20.0. The van der Waals surface area contributed by atoms with Gasteiger partial charge in [-0.25, -0.2) is 0 Å². The number of nitro benzene ring substituents is 1. The number of rotatable bonds is 4. The lowest BCUT2D eigenvalue weighted by Gasteiger charge is -2.33. The third kappa shape index (κ3) is 3.48. The van der Waals surface area contributed by atoms with Gasteiger partial charge in [0, 0.05) is 22.3 Å². The van der Waals surface area contributed by atoms with Crippen molar-refractivity contribution in [3.05, 3.63) is 98.5 Å². The molecule has 0 saturated heterocycles. The van der Waals surface area contributed by atoms with Gasteiger partial charge in [0.2, 0.25) is 0 Å². The molecule has 28 heavy (non-hydrogen) atoms. The lowest BCUT2D eigenvalue weighted by atomic mass is 9.91. The van der Waals surface area contributed by atoms with Gasteiger partial charge >= 0.3 is 0 Å². The van der Waals surface area contributed by atoms with Crippen molar-refractivity contribution in [2.45, 2.75) is 12.1 Å². The van der Waals surface area contributed by atoms with Gasteiger partial charge in [0.15, 0.2) is 11.9 Å². The molecule has 3 aromatic carbocycles. The van der Waals surface area contributed by atoms with Crippen molar-refractivity contribution in [3.63, 3.8) is 0 Å². The molecule has 4 rings (SSSR count). The predicted molar refractivity (Wildman–Crippen MR) is 109 cm³/mol. The average Bonchev–Trinajstić information content (AvgIpc) is 2.71. The second kappa shape index (κ2) is 7.44. The Kier molecular flexibility index (Phi) is 4.83. The highest BCUT2D eigenvalue weighted by Crippen LogP contribution is 2.37. The Morgan fingerprint density at radius 3 is 2.32 bits per heavy atom. The summed E-state index contributed by atoms with van der Waals surface area (Å²) in [4.78, 5) is 23.6. The first kappa shape index (κ1) is 18.2. The van der Waals surface area contributed by atoms with E-state index in [9.17, 15) is 14.9 Å². The highest BCUT2D eigenvalue weighted by molar-refractivity contribution is 9.10. The molecule has 2 unspecified atom stereocenters. The number of hydrogen-bond acceptors (Lipinski definition) is 5. The zero-order valence-electron chi connectivity index (χ0n) is 14.5. The van der Waals surface area contributed by atoms with Crippen LogP contribution in [0.4, 0.5) is 11.4 Å². The number of nitrogens with one attached hydrogen (secondary N) is 1. The fourth-order valence-electron chi connectivity index (χ4n) is 3.20. The van der Waals surface area contributed by atoms with Crippen LogP contribution in [0.15, 0.2) is 77.3 Å². The maximum atomic E-state index is 13.2. The molecule has 1 N–H and O–H groups in total. The predicted octanol–water partition coefficient (Wildman–Crippen LogP) is 5.15. The van der Waals surface area contributed by atoms with Crippen molar-refractivity contribution in [1.29, 1.82) is 0 Å². The van der Waals surface area contributed by atoms with Crippen molar-refractivity contribution in [2.24, 2.45) is 0 Å². The van der Waals surface area contributed by atoms with Crippen molar-refractivity contribution in [1.82, 2.24) is 0 Å². The lowest BCUT2D eigenvalue weighted by molar-refractivity contribution is -0.384. The first-order valence-electron chi connectivity index (χ1n) is 8.59. The second-order valence-electron chi connectivity index (χ2n) is 6.38. The Morgan fingerprint density at radius 1 is 0.964 bits per heavy atom. The largest absolute Gasteiger partial charge is 0.482 e. The van der Waals surface area contributed by atoms with E-state index in [1.165, 1.54) is 12.1 Å². The number of carbonyl (C=O) groups excluding carboxylic acids is 1. The van der Waals surface area contributed by atoms with E-state index in [1.54, 1.807) is 30.3 Å². The van der Waals surface area contributed by atoms with Crippen LogP contribution in [0.1, 0.15) is 22.0 Å². The summed E-state index contributed by atoms with van der Waals surface area (Å²) in [7, 11) is 0. The summed E-state index contributed by atoms with van der Waals surface area (Å²) in [5.74, 6) is 0.454. The van der Waals surface area contributed by atoms with E-state index >= 15 is 0 Å². The minimum atomic E-state index is -0.669. The number of non-ortho nitro benzene ring substituents is 1. The first-order chi connectivity index (χ1) is 13.5. The van der Waals surface area contributed by atoms with Crippen LogP contribution in [0.2, 0.25) is 0 Å². The van der Waals surface area contributed by atoms with E-state index in [0.29, 0.717) is 17.0 Å². The van der Waals surface area contributed by atoms with Crippen LogP contribution in [-0.4, -0.2) is 16.7 Å². The number of fused-ring (bicyclic) bond motifs is 1. The van der Waals surface area contributed by atoms with E-state index in [1.807, 2.05) is 30.3 Å². The summed E-state index contributed by atoms with van der Waals surface area (Å²) in [6.07, 6.45) is -0.536. The second-order valence-corrected chi connectivity index (χ2v) is 7.29. The fourth-order valence-corrected chi connectivity index (χ4v) is 3.46. The molecule has 0 aliphatic carbocycles. The molecular formula is C21H15BrN2O4. The number of anilines is 1. The Hall–Kier alpha value is -3.19.